The Labute approximate surface area is 102 Å². The van der Waals surface area contributed by atoms with Crippen molar-refractivity contribution in [2.45, 2.75) is 32.7 Å². The van der Waals surface area contributed by atoms with E-state index in [-0.39, 0.29) is 0 Å². The molecule has 1 aliphatic rings. The smallest absolute Gasteiger partial charge is 0.0897 e. The predicted octanol–water partition coefficient (Wildman–Crippen LogP) is 2.01. The zero-order valence-electron chi connectivity index (χ0n) is 9.98. The molecule has 1 aromatic heterocycles. The predicted molar refractivity (Wildman–Crippen MR) is 68.5 cm³/mol. The van der Waals surface area contributed by atoms with Gasteiger partial charge >= 0.3 is 0 Å². The lowest BCUT2D eigenvalue weighted by Gasteiger charge is -2.32. The van der Waals surface area contributed by atoms with Gasteiger partial charge in [-0.3, -0.25) is 4.90 Å². The summed E-state index contributed by atoms with van der Waals surface area (Å²) in [7, 11) is 0. The molecule has 90 valence electrons. The van der Waals surface area contributed by atoms with Gasteiger partial charge < -0.3 is 5.73 Å². The van der Waals surface area contributed by atoms with Crippen molar-refractivity contribution in [3.63, 3.8) is 0 Å². The molecule has 1 atom stereocenters. The van der Waals surface area contributed by atoms with Crippen LogP contribution in [0.5, 0.6) is 0 Å². The molecule has 0 spiro atoms. The fraction of sp³-hybridized carbons (Fsp3) is 0.750. The third kappa shape index (κ3) is 3.27. The molecule has 0 radical (unpaired) electrons. The SMILES string of the molecule is Cc1ncc(CN2CCCC(CCN)C2)s1. The molecule has 0 bridgehead atoms. The Morgan fingerprint density at radius 2 is 2.50 bits per heavy atom. The standard InChI is InChI=1S/C12H21N3S/c1-10-14-7-12(16-10)9-15-6-2-3-11(8-15)4-5-13/h7,11H,2-6,8-9,13H2,1H3. The normalized spacial score (nSPS) is 22.5. The summed E-state index contributed by atoms with van der Waals surface area (Å²) in [5.74, 6) is 0.813. The third-order valence-corrected chi connectivity index (χ3v) is 4.12. The summed E-state index contributed by atoms with van der Waals surface area (Å²) >= 11 is 1.82. The zero-order chi connectivity index (χ0) is 11.4. The van der Waals surface area contributed by atoms with Crippen LogP contribution in [0.3, 0.4) is 0 Å². The Balaban J connectivity index is 1.85. The molecule has 0 saturated carbocycles. The van der Waals surface area contributed by atoms with Crippen LogP contribution in [0.4, 0.5) is 0 Å². The number of thiazole rings is 1. The minimum Gasteiger partial charge on any atom is -0.330 e. The number of piperidine rings is 1. The topological polar surface area (TPSA) is 42.2 Å². The molecule has 16 heavy (non-hydrogen) atoms. The van der Waals surface area contributed by atoms with Crippen molar-refractivity contribution in [1.82, 2.24) is 9.88 Å². The molecule has 2 N–H and O–H groups in total. The molecule has 0 amide bonds. The summed E-state index contributed by atoms with van der Waals surface area (Å²) in [5.41, 5.74) is 5.63. The molecule has 1 aromatic rings. The van der Waals surface area contributed by atoms with Gasteiger partial charge in [0.25, 0.3) is 0 Å². The van der Waals surface area contributed by atoms with E-state index in [2.05, 4.69) is 16.8 Å². The highest BCUT2D eigenvalue weighted by Gasteiger charge is 2.19. The van der Waals surface area contributed by atoms with E-state index in [1.807, 2.05) is 17.5 Å². The quantitative estimate of drug-likeness (QED) is 0.874. The molecule has 1 fully saturated rings. The van der Waals surface area contributed by atoms with Crippen molar-refractivity contribution in [2.24, 2.45) is 11.7 Å². The first kappa shape index (κ1) is 12.0. The van der Waals surface area contributed by atoms with Crippen LogP contribution < -0.4 is 5.73 Å². The fourth-order valence-electron chi connectivity index (χ4n) is 2.47. The molecule has 4 heteroatoms. The van der Waals surface area contributed by atoms with Crippen LogP contribution in [-0.4, -0.2) is 29.5 Å². The first-order valence-corrected chi connectivity index (χ1v) is 6.93. The van der Waals surface area contributed by atoms with Gasteiger partial charge in [-0.15, -0.1) is 11.3 Å². The van der Waals surface area contributed by atoms with Crippen LogP contribution in [0.25, 0.3) is 0 Å². The second-order valence-corrected chi connectivity index (χ2v) is 5.99. The number of aromatic nitrogens is 1. The minimum atomic E-state index is 0.813. The second-order valence-electron chi connectivity index (χ2n) is 4.67. The van der Waals surface area contributed by atoms with Gasteiger partial charge in [-0.1, -0.05) is 0 Å². The number of nitrogens with zero attached hydrogens (tertiary/aromatic N) is 2. The lowest BCUT2D eigenvalue weighted by molar-refractivity contribution is 0.164. The van der Waals surface area contributed by atoms with Gasteiger partial charge in [0.15, 0.2) is 0 Å². The first-order chi connectivity index (χ1) is 7.78. The molecule has 3 nitrogen and oxygen atoms in total. The summed E-state index contributed by atoms with van der Waals surface area (Å²) in [5, 5.41) is 1.17. The summed E-state index contributed by atoms with van der Waals surface area (Å²) in [6, 6.07) is 0. The number of aryl methyl sites for hydroxylation is 1. The van der Waals surface area contributed by atoms with Gasteiger partial charge in [-0.25, -0.2) is 4.98 Å². The number of hydrogen-bond acceptors (Lipinski definition) is 4. The van der Waals surface area contributed by atoms with E-state index < -0.39 is 0 Å². The lowest BCUT2D eigenvalue weighted by Crippen LogP contribution is -2.35. The highest BCUT2D eigenvalue weighted by atomic mass is 32.1. The van der Waals surface area contributed by atoms with Gasteiger partial charge in [-0.2, -0.15) is 0 Å². The molecule has 1 unspecified atom stereocenters. The number of likely N-dealkylation sites (tertiary alicyclic amines) is 1. The average Bonchev–Trinajstić information content (AvgIpc) is 2.65. The van der Waals surface area contributed by atoms with E-state index >= 15 is 0 Å². The summed E-state index contributed by atoms with van der Waals surface area (Å²) < 4.78 is 0. The molecule has 2 heterocycles. The average molecular weight is 239 g/mol. The van der Waals surface area contributed by atoms with Crippen LogP contribution in [0.15, 0.2) is 6.20 Å². The van der Waals surface area contributed by atoms with Crippen LogP contribution in [0.2, 0.25) is 0 Å². The zero-order valence-corrected chi connectivity index (χ0v) is 10.8. The van der Waals surface area contributed by atoms with Crippen LogP contribution in [0.1, 0.15) is 29.1 Å². The van der Waals surface area contributed by atoms with E-state index in [4.69, 9.17) is 5.73 Å². The van der Waals surface area contributed by atoms with Crippen molar-refractivity contribution in [2.75, 3.05) is 19.6 Å². The van der Waals surface area contributed by atoms with Gasteiger partial charge in [0.2, 0.25) is 0 Å². The minimum absolute atomic E-state index is 0.813. The van der Waals surface area contributed by atoms with Gasteiger partial charge in [-0.05, 0) is 45.2 Å². The molecule has 2 rings (SSSR count). The number of hydrogen-bond donors (Lipinski definition) is 1. The fourth-order valence-corrected chi connectivity index (χ4v) is 3.30. The van der Waals surface area contributed by atoms with Crippen molar-refractivity contribution in [1.29, 1.82) is 0 Å². The summed E-state index contributed by atoms with van der Waals surface area (Å²) in [4.78, 5) is 8.26. The van der Waals surface area contributed by atoms with Crippen LogP contribution in [-0.2, 0) is 6.54 Å². The molecular weight excluding hydrogens is 218 g/mol. The van der Waals surface area contributed by atoms with Gasteiger partial charge in [0.05, 0.1) is 5.01 Å². The highest BCUT2D eigenvalue weighted by Crippen LogP contribution is 2.22. The maximum Gasteiger partial charge on any atom is 0.0897 e. The second kappa shape index (κ2) is 5.75. The van der Waals surface area contributed by atoms with Crippen molar-refractivity contribution in [3.8, 4) is 0 Å². The molecular formula is C12H21N3S. The first-order valence-electron chi connectivity index (χ1n) is 6.11. The van der Waals surface area contributed by atoms with E-state index in [0.717, 1.165) is 19.0 Å². The van der Waals surface area contributed by atoms with Crippen molar-refractivity contribution >= 4 is 11.3 Å². The Hall–Kier alpha value is -0.450. The third-order valence-electron chi connectivity index (χ3n) is 3.23. The molecule has 0 aliphatic carbocycles. The van der Waals surface area contributed by atoms with E-state index in [1.54, 1.807) is 0 Å². The Bertz CT molecular complexity index is 322. The molecule has 0 aromatic carbocycles. The summed E-state index contributed by atoms with van der Waals surface area (Å²) in [6.45, 7) is 6.43. The Morgan fingerprint density at radius 1 is 1.62 bits per heavy atom. The Morgan fingerprint density at radius 3 is 3.19 bits per heavy atom. The number of nitrogens with two attached hydrogens (primary N) is 1. The molecule has 1 aliphatic heterocycles. The number of rotatable bonds is 4. The van der Waals surface area contributed by atoms with E-state index in [1.165, 1.54) is 42.2 Å². The van der Waals surface area contributed by atoms with Gasteiger partial charge in [0, 0.05) is 24.2 Å². The van der Waals surface area contributed by atoms with E-state index in [0.29, 0.717) is 0 Å². The van der Waals surface area contributed by atoms with Crippen molar-refractivity contribution < 1.29 is 0 Å². The molecule has 1 saturated heterocycles. The summed E-state index contributed by atoms with van der Waals surface area (Å²) in [6.07, 6.45) is 5.88. The van der Waals surface area contributed by atoms with Crippen molar-refractivity contribution in [3.05, 3.63) is 16.1 Å². The maximum atomic E-state index is 5.63. The van der Waals surface area contributed by atoms with Crippen LogP contribution in [0, 0.1) is 12.8 Å². The maximum absolute atomic E-state index is 5.63. The largest absolute Gasteiger partial charge is 0.330 e. The van der Waals surface area contributed by atoms with E-state index in [9.17, 15) is 0 Å². The Kier molecular flexibility index (Phi) is 4.32. The van der Waals surface area contributed by atoms with Crippen LogP contribution >= 0.6 is 11.3 Å². The lowest BCUT2D eigenvalue weighted by atomic mass is 9.95. The monoisotopic (exact) mass is 239 g/mol. The van der Waals surface area contributed by atoms with Gasteiger partial charge in [0.1, 0.15) is 0 Å². The highest BCUT2D eigenvalue weighted by molar-refractivity contribution is 7.11.